The molecule has 7 heteroatoms. The molecular formula is C29H27ClN2O3S. The van der Waals surface area contributed by atoms with Gasteiger partial charge in [-0.05, 0) is 72.1 Å². The number of nitrogens with one attached hydrogen (secondary N) is 1. The van der Waals surface area contributed by atoms with Gasteiger partial charge in [0.15, 0.2) is 16.7 Å². The summed E-state index contributed by atoms with van der Waals surface area (Å²) in [6.45, 7) is 6.29. The molecule has 184 valence electrons. The fourth-order valence-corrected chi connectivity index (χ4v) is 4.74. The predicted molar refractivity (Wildman–Crippen MR) is 149 cm³/mol. The molecule has 1 fully saturated rings. The van der Waals surface area contributed by atoms with Crippen molar-refractivity contribution in [1.29, 1.82) is 0 Å². The van der Waals surface area contributed by atoms with Gasteiger partial charge in [-0.25, -0.2) is 4.99 Å². The van der Waals surface area contributed by atoms with Gasteiger partial charge < -0.3 is 14.8 Å². The van der Waals surface area contributed by atoms with Crippen LogP contribution in [0.3, 0.4) is 0 Å². The summed E-state index contributed by atoms with van der Waals surface area (Å²) in [5, 5.41) is 4.04. The first-order valence-electron chi connectivity index (χ1n) is 11.6. The van der Waals surface area contributed by atoms with Crippen LogP contribution in [0.2, 0.25) is 5.02 Å². The van der Waals surface area contributed by atoms with Gasteiger partial charge in [-0.3, -0.25) is 4.79 Å². The molecule has 0 aliphatic carbocycles. The zero-order valence-electron chi connectivity index (χ0n) is 20.2. The lowest BCUT2D eigenvalue weighted by molar-refractivity contribution is -0.115. The molecular weight excluding hydrogens is 492 g/mol. The maximum atomic E-state index is 12.6. The van der Waals surface area contributed by atoms with E-state index in [0.717, 1.165) is 28.8 Å². The second-order valence-electron chi connectivity index (χ2n) is 8.09. The summed E-state index contributed by atoms with van der Waals surface area (Å²) in [6.07, 6.45) is 5.18. The van der Waals surface area contributed by atoms with Crippen LogP contribution >= 0.6 is 23.4 Å². The van der Waals surface area contributed by atoms with E-state index in [-0.39, 0.29) is 5.91 Å². The molecule has 0 spiro atoms. The first-order valence-corrected chi connectivity index (χ1v) is 12.8. The maximum absolute atomic E-state index is 12.6. The van der Waals surface area contributed by atoms with Gasteiger partial charge in [-0.1, -0.05) is 54.9 Å². The van der Waals surface area contributed by atoms with Gasteiger partial charge in [-0.15, -0.1) is 6.58 Å². The largest absolute Gasteiger partial charge is 0.493 e. The standard InChI is InChI=1S/C29H27ClN2O3S/c1-4-8-21-15-20(16-25(34-3)27(21)35-18-22-9-6-7-10-24(22)30)17-26-28(33)32-29(36-26)31-23-13-11-19(5-2)12-14-23/h4,6-7,9-17H,1,5,8,18H2,2-3H3,(H,31,32,33)/b26-17-. The first-order chi connectivity index (χ1) is 17.5. The molecule has 0 unspecified atom stereocenters. The molecule has 4 rings (SSSR count). The van der Waals surface area contributed by atoms with Crippen LogP contribution < -0.4 is 14.8 Å². The Morgan fingerprint density at radius 3 is 2.58 bits per heavy atom. The molecule has 1 N–H and O–H groups in total. The van der Waals surface area contributed by atoms with Gasteiger partial charge in [-0.2, -0.15) is 0 Å². The number of thioether (sulfide) groups is 1. The smallest absolute Gasteiger partial charge is 0.264 e. The number of aliphatic imine (C=N–C) groups is 1. The molecule has 1 saturated heterocycles. The average molecular weight is 519 g/mol. The van der Waals surface area contributed by atoms with Crippen molar-refractivity contribution in [3.05, 3.63) is 106 Å². The van der Waals surface area contributed by atoms with Crippen molar-refractivity contribution in [3.8, 4) is 11.5 Å². The molecule has 0 aromatic heterocycles. The number of rotatable bonds is 9. The quantitative estimate of drug-likeness (QED) is 0.242. The third-order valence-electron chi connectivity index (χ3n) is 5.59. The number of halogens is 1. The van der Waals surface area contributed by atoms with Crippen LogP contribution in [0.5, 0.6) is 11.5 Å². The van der Waals surface area contributed by atoms with Gasteiger partial charge >= 0.3 is 0 Å². The number of methoxy groups -OCH3 is 1. The number of carbonyl (C=O) groups excluding carboxylic acids is 1. The minimum Gasteiger partial charge on any atom is -0.493 e. The lowest BCUT2D eigenvalue weighted by Gasteiger charge is -2.16. The van der Waals surface area contributed by atoms with Gasteiger partial charge in [0.2, 0.25) is 0 Å². The zero-order valence-corrected chi connectivity index (χ0v) is 21.8. The third-order valence-corrected chi connectivity index (χ3v) is 6.87. The van der Waals surface area contributed by atoms with Crippen molar-refractivity contribution in [2.45, 2.75) is 26.4 Å². The van der Waals surface area contributed by atoms with Gasteiger partial charge in [0.1, 0.15) is 6.61 Å². The first kappa shape index (κ1) is 25.6. The van der Waals surface area contributed by atoms with Crippen molar-refractivity contribution >= 4 is 46.2 Å². The maximum Gasteiger partial charge on any atom is 0.264 e. The summed E-state index contributed by atoms with van der Waals surface area (Å²) in [5.74, 6) is 1.01. The Bertz CT molecular complexity index is 1330. The van der Waals surface area contributed by atoms with Crippen LogP contribution in [0.15, 0.2) is 83.2 Å². The number of carbonyl (C=O) groups is 1. The Morgan fingerprint density at radius 2 is 1.89 bits per heavy atom. The molecule has 5 nitrogen and oxygen atoms in total. The SMILES string of the molecule is C=CCc1cc(/C=C2\SC(=Nc3ccc(CC)cc3)NC2=O)cc(OC)c1OCc1ccccc1Cl. The van der Waals surface area contributed by atoms with E-state index in [9.17, 15) is 4.79 Å². The molecule has 0 bridgehead atoms. The highest BCUT2D eigenvalue weighted by Crippen LogP contribution is 2.37. The molecule has 1 aliphatic rings. The monoisotopic (exact) mass is 518 g/mol. The van der Waals surface area contributed by atoms with Gasteiger partial charge in [0.05, 0.1) is 17.7 Å². The predicted octanol–water partition coefficient (Wildman–Crippen LogP) is 7.11. The summed E-state index contributed by atoms with van der Waals surface area (Å²) in [4.78, 5) is 17.8. The van der Waals surface area contributed by atoms with Crippen LogP contribution in [0.1, 0.15) is 29.2 Å². The van der Waals surface area contributed by atoms with Gasteiger partial charge in [0.25, 0.3) is 5.91 Å². The summed E-state index contributed by atoms with van der Waals surface area (Å²) < 4.78 is 11.8. The van der Waals surface area contributed by atoms with Crippen molar-refractivity contribution < 1.29 is 14.3 Å². The molecule has 3 aromatic rings. The van der Waals surface area contributed by atoms with E-state index in [2.05, 4.69) is 23.8 Å². The highest BCUT2D eigenvalue weighted by Gasteiger charge is 2.24. The molecule has 0 saturated carbocycles. The van der Waals surface area contributed by atoms with Crippen LogP contribution in [0, 0.1) is 0 Å². The zero-order chi connectivity index (χ0) is 25.5. The van der Waals surface area contributed by atoms with Gasteiger partial charge in [0, 0.05) is 16.1 Å². The molecule has 0 atom stereocenters. The fraction of sp³-hybridized carbons (Fsp3) is 0.172. The number of benzene rings is 3. The lowest BCUT2D eigenvalue weighted by Crippen LogP contribution is -2.19. The molecule has 36 heavy (non-hydrogen) atoms. The Labute approximate surface area is 220 Å². The summed E-state index contributed by atoms with van der Waals surface area (Å²) in [5.41, 5.74) is 4.64. The second-order valence-corrected chi connectivity index (χ2v) is 9.52. The lowest BCUT2D eigenvalue weighted by atomic mass is 10.0. The van der Waals surface area contributed by atoms with E-state index in [1.54, 1.807) is 13.2 Å². The highest BCUT2D eigenvalue weighted by atomic mass is 35.5. The second kappa shape index (κ2) is 12.0. The number of amides is 1. The molecule has 3 aromatic carbocycles. The molecule has 1 heterocycles. The third kappa shape index (κ3) is 6.20. The molecule has 1 amide bonds. The van der Waals surface area contributed by atoms with Crippen molar-refractivity contribution in [3.63, 3.8) is 0 Å². The summed E-state index contributed by atoms with van der Waals surface area (Å²) >= 11 is 7.60. The van der Waals surface area contributed by atoms with Crippen molar-refractivity contribution in [1.82, 2.24) is 5.32 Å². The fourth-order valence-electron chi connectivity index (χ4n) is 3.71. The number of nitrogens with zero attached hydrogens (tertiary/aromatic N) is 1. The van der Waals surface area contributed by atoms with Crippen LogP contribution in [0.25, 0.3) is 6.08 Å². The van der Waals surface area contributed by atoms with Crippen molar-refractivity contribution in [2.75, 3.05) is 7.11 Å². The minimum atomic E-state index is -0.188. The summed E-state index contributed by atoms with van der Waals surface area (Å²) in [7, 11) is 1.60. The Morgan fingerprint density at radius 1 is 1.11 bits per heavy atom. The van der Waals surface area contributed by atoms with E-state index >= 15 is 0 Å². The van der Waals surface area contributed by atoms with Crippen LogP contribution in [-0.4, -0.2) is 18.2 Å². The molecule has 1 aliphatic heterocycles. The average Bonchev–Trinajstić information content (AvgIpc) is 3.22. The van der Waals surface area contributed by atoms with E-state index in [0.29, 0.717) is 39.6 Å². The van der Waals surface area contributed by atoms with E-state index in [1.165, 1.54) is 17.3 Å². The van der Waals surface area contributed by atoms with E-state index in [1.807, 2.05) is 66.7 Å². The Balaban J connectivity index is 1.59. The topological polar surface area (TPSA) is 59.9 Å². The number of allylic oxidation sites excluding steroid dienone is 1. The normalized spacial score (nSPS) is 15.2. The highest BCUT2D eigenvalue weighted by molar-refractivity contribution is 8.18. The van der Waals surface area contributed by atoms with E-state index < -0.39 is 0 Å². The number of amidine groups is 1. The number of hydrogen-bond donors (Lipinski definition) is 1. The minimum absolute atomic E-state index is 0.188. The Kier molecular flexibility index (Phi) is 8.52. The number of hydrogen-bond acceptors (Lipinski definition) is 5. The van der Waals surface area contributed by atoms with Crippen LogP contribution in [0.4, 0.5) is 5.69 Å². The Hall–Kier alpha value is -3.48. The number of aryl methyl sites for hydroxylation is 1. The van der Waals surface area contributed by atoms with E-state index in [4.69, 9.17) is 21.1 Å². The summed E-state index contributed by atoms with van der Waals surface area (Å²) in [6, 6.07) is 19.4. The molecule has 0 radical (unpaired) electrons. The van der Waals surface area contributed by atoms with Crippen molar-refractivity contribution in [2.24, 2.45) is 4.99 Å². The van der Waals surface area contributed by atoms with Crippen LogP contribution in [-0.2, 0) is 24.2 Å². The number of ether oxygens (including phenoxy) is 2.